The maximum atomic E-state index is 13.8. The van der Waals surface area contributed by atoms with Gasteiger partial charge in [-0.15, -0.1) is 0 Å². The lowest BCUT2D eigenvalue weighted by molar-refractivity contribution is -0.123. The monoisotopic (exact) mass is 362 g/mol. The number of carbonyl (C=O) groups is 1. The van der Waals surface area contributed by atoms with Gasteiger partial charge in [0.2, 0.25) is 6.17 Å². The largest absolute Gasteiger partial charge is 0.508 e. The van der Waals surface area contributed by atoms with Crippen molar-refractivity contribution < 1.29 is 18.7 Å². The van der Waals surface area contributed by atoms with Gasteiger partial charge in [0, 0.05) is 17.9 Å². The van der Waals surface area contributed by atoms with E-state index in [0.29, 0.717) is 18.7 Å². The Morgan fingerprint density at radius 3 is 2.27 bits per heavy atom. The van der Waals surface area contributed by atoms with E-state index >= 15 is 0 Å². The van der Waals surface area contributed by atoms with E-state index in [9.17, 15) is 18.7 Å². The van der Waals surface area contributed by atoms with Gasteiger partial charge < -0.3 is 15.7 Å². The summed E-state index contributed by atoms with van der Waals surface area (Å²) in [6, 6.07) is 13.6. The summed E-state index contributed by atoms with van der Waals surface area (Å²) in [6.45, 7) is 2.46. The maximum absolute atomic E-state index is 13.8. The molecule has 1 amide bonds. The Morgan fingerprint density at radius 1 is 1.04 bits per heavy atom. The Labute approximate surface area is 152 Å². The van der Waals surface area contributed by atoms with Crippen LogP contribution in [0.1, 0.15) is 31.7 Å². The fourth-order valence-corrected chi connectivity index (χ4v) is 2.41. The molecule has 0 saturated carbocycles. The summed E-state index contributed by atoms with van der Waals surface area (Å²) in [6.07, 6.45) is -2.58. The van der Waals surface area contributed by atoms with E-state index in [1.165, 1.54) is 0 Å². The predicted molar refractivity (Wildman–Crippen MR) is 99.8 cm³/mol. The van der Waals surface area contributed by atoms with Crippen LogP contribution in [0.2, 0.25) is 0 Å². The third-order valence-corrected chi connectivity index (χ3v) is 3.99. The fourth-order valence-electron chi connectivity index (χ4n) is 2.41. The smallest absolute Gasteiger partial charge is 0.261 e. The normalized spacial score (nSPS) is 13.0. The molecule has 26 heavy (non-hydrogen) atoms. The highest BCUT2D eigenvalue weighted by molar-refractivity contribution is 5.94. The van der Waals surface area contributed by atoms with Crippen molar-refractivity contribution in [3.8, 4) is 5.75 Å². The molecule has 2 rings (SSSR count). The Hall–Kier alpha value is -2.63. The van der Waals surface area contributed by atoms with Gasteiger partial charge in [-0.05, 0) is 48.4 Å². The van der Waals surface area contributed by atoms with E-state index < -0.39 is 18.3 Å². The molecule has 0 aliphatic rings. The SMILES string of the molecule is CCCC[C@@H](F)[C@H](F)C(=O)Nc1ccc(NCc2ccc(O)cc2)cc1. The number of amides is 1. The topological polar surface area (TPSA) is 61.4 Å². The van der Waals surface area contributed by atoms with E-state index in [2.05, 4.69) is 10.6 Å². The zero-order valence-electron chi connectivity index (χ0n) is 14.7. The lowest BCUT2D eigenvalue weighted by Gasteiger charge is -2.14. The van der Waals surface area contributed by atoms with Gasteiger partial charge in [-0.25, -0.2) is 8.78 Å². The van der Waals surface area contributed by atoms with Gasteiger partial charge in [0.25, 0.3) is 5.91 Å². The summed E-state index contributed by atoms with van der Waals surface area (Å²) in [5.74, 6) is -0.747. The molecule has 4 nitrogen and oxygen atoms in total. The lowest BCUT2D eigenvalue weighted by atomic mass is 10.1. The summed E-state index contributed by atoms with van der Waals surface area (Å²) in [5.41, 5.74) is 2.23. The molecule has 0 bridgehead atoms. The molecular formula is C20H24F2N2O2. The van der Waals surface area contributed by atoms with Crippen LogP contribution in [0.4, 0.5) is 20.2 Å². The van der Waals surface area contributed by atoms with Crippen molar-refractivity contribution in [2.75, 3.05) is 10.6 Å². The average Bonchev–Trinajstić information content (AvgIpc) is 2.66. The van der Waals surface area contributed by atoms with Gasteiger partial charge in [-0.1, -0.05) is 31.9 Å². The first-order valence-corrected chi connectivity index (χ1v) is 8.70. The number of anilines is 2. The second kappa shape index (κ2) is 9.75. The van der Waals surface area contributed by atoms with Crippen molar-refractivity contribution in [2.45, 2.75) is 45.1 Å². The zero-order valence-corrected chi connectivity index (χ0v) is 14.7. The van der Waals surface area contributed by atoms with Crippen LogP contribution in [0.15, 0.2) is 48.5 Å². The highest BCUT2D eigenvalue weighted by atomic mass is 19.2. The molecule has 0 heterocycles. The minimum Gasteiger partial charge on any atom is -0.508 e. The van der Waals surface area contributed by atoms with Crippen molar-refractivity contribution in [3.05, 3.63) is 54.1 Å². The van der Waals surface area contributed by atoms with Crippen molar-refractivity contribution in [3.63, 3.8) is 0 Å². The van der Waals surface area contributed by atoms with Gasteiger partial charge in [0.15, 0.2) is 0 Å². The van der Waals surface area contributed by atoms with E-state index in [0.717, 1.165) is 17.7 Å². The summed E-state index contributed by atoms with van der Waals surface area (Å²) in [7, 11) is 0. The first kappa shape index (κ1) is 19.7. The molecule has 0 radical (unpaired) electrons. The first-order chi connectivity index (χ1) is 12.5. The standard InChI is InChI=1S/C20H24F2N2O2/c1-2-3-4-18(21)19(22)20(26)24-16-9-7-15(8-10-16)23-13-14-5-11-17(25)12-6-14/h5-12,18-19,23,25H,2-4,13H2,1H3,(H,24,26)/t18-,19+/m1/s1. The summed E-state index contributed by atoms with van der Waals surface area (Å²) in [5, 5.41) is 14.8. The summed E-state index contributed by atoms with van der Waals surface area (Å²) < 4.78 is 27.4. The van der Waals surface area contributed by atoms with Crippen molar-refractivity contribution in [1.82, 2.24) is 0 Å². The van der Waals surface area contributed by atoms with Crippen molar-refractivity contribution in [2.24, 2.45) is 0 Å². The molecule has 0 unspecified atom stereocenters. The molecule has 0 spiro atoms. The minimum absolute atomic E-state index is 0.0468. The number of alkyl halides is 2. The molecule has 3 N–H and O–H groups in total. The number of hydrogen-bond acceptors (Lipinski definition) is 3. The average molecular weight is 362 g/mol. The van der Waals surface area contributed by atoms with Gasteiger partial charge in [0.05, 0.1) is 0 Å². The molecule has 0 aliphatic carbocycles. The maximum Gasteiger partial charge on any atom is 0.261 e. The summed E-state index contributed by atoms with van der Waals surface area (Å²) in [4.78, 5) is 11.8. The number of nitrogens with one attached hydrogen (secondary N) is 2. The number of aromatic hydroxyl groups is 1. The van der Waals surface area contributed by atoms with Crippen LogP contribution in [0.5, 0.6) is 5.75 Å². The molecule has 2 aromatic carbocycles. The third-order valence-electron chi connectivity index (χ3n) is 3.99. The number of halogens is 2. The number of unbranched alkanes of at least 4 members (excludes halogenated alkanes) is 1. The second-order valence-corrected chi connectivity index (χ2v) is 6.15. The highest BCUT2D eigenvalue weighted by Crippen LogP contribution is 2.18. The molecule has 6 heteroatoms. The number of phenolic OH excluding ortho intramolecular Hbond substituents is 1. The Kier molecular flexibility index (Phi) is 7.38. The zero-order chi connectivity index (χ0) is 18.9. The first-order valence-electron chi connectivity index (χ1n) is 8.70. The van der Waals surface area contributed by atoms with Crippen LogP contribution in [-0.4, -0.2) is 23.4 Å². The molecule has 0 aliphatic heterocycles. The molecule has 0 saturated heterocycles. The predicted octanol–water partition coefficient (Wildman–Crippen LogP) is 4.81. The minimum atomic E-state index is -2.16. The van der Waals surface area contributed by atoms with Crippen LogP contribution in [-0.2, 0) is 11.3 Å². The van der Waals surface area contributed by atoms with Gasteiger partial charge >= 0.3 is 0 Å². The number of carbonyl (C=O) groups excluding carboxylic acids is 1. The van der Waals surface area contributed by atoms with E-state index in [4.69, 9.17) is 0 Å². The quantitative estimate of drug-likeness (QED) is 0.600. The Bertz CT molecular complexity index is 690. The van der Waals surface area contributed by atoms with E-state index in [1.54, 1.807) is 36.4 Å². The molecule has 2 atom stereocenters. The van der Waals surface area contributed by atoms with E-state index in [-0.39, 0.29) is 12.2 Å². The molecular weight excluding hydrogens is 338 g/mol. The van der Waals surface area contributed by atoms with E-state index in [1.807, 2.05) is 19.1 Å². The van der Waals surface area contributed by atoms with Crippen molar-refractivity contribution >= 4 is 17.3 Å². The fraction of sp³-hybridized carbons (Fsp3) is 0.350. The number of hydrogen-bond donors (Lipinski definition) is 3. The number of benzene rings is 2. The lowest BCUT2D eigenvalue weighted by Crippen LogP contribution is -2.32. The van der Waals surface area contributed by atoms with Crippen LogP contribution in [0, 0.1) is 0 Å². The number of phenols is 1. The van der Waals surface area contributed by atoms with Gasteiger partial charge in [0.1, 0.15) is 11.9 Å². The van der Waals surface area contributed by atoms with Crippen LogP contribution in [0.25, 0.3) is 0 Å². The van der Waals surface area contributed by atoms with Gasteiger partial charge in [-0.3, -0.25) is 4.79 Å². The van der Waals surface area contributed by atoms with Crippen LogP contribution in [0.3, 0.4) is 0 Å². The second-order valence-electron chi connectivity index (χ2n) is 6.15. The Balaban J connectivity index is 1.84. The molecule has 140 valence electrons. The molecule has 0 aromatic heterocycles. The summed E-state index contributed by atoms with van der Waals surface area (Å²) >= 11 is 0. The highest BCUT2D eigenvalue weighted by Gasteiger charge is 2.27. The molecule has 0 fully saturated rings. The molecule has 2 aromatic rings. The van der Waals surface area contributed by atoms with Crippen LogP contribution >= 0.6 is 0 Å². The van der Waals surface area contributed by atoms with Crippen LogP contribution < -0.4 is 10.6 Å². The third kappa shape index (κ3) is 6.02. The Morgan fingerprint density at radius 2 is 1.65 bits per heavy atom. The number of rotatable bonds is 9. The van der Waals surface area contributed by atoms with Gasteiger partial charge in [-0.2, -0.15) is 0 Å². The van der Waals surface area contributed by atoms with Crippen molar-refractivity contribution in [1.29, 1.82) is 0 Å².